The zero-order valence-electron chi connectivity index (χ0n) is 8.76. The number of tetrazole rings is 1. The molecule has 0 aliphatic rings. The second-order valence-electron chi connectivity index (χ2n) is 3.35. The molecule has 2 heterocycles. The third-order valence-corrected chi connectivity index (χ3v) is 2.16. The number of aromatic nitrogens is 6. The highest BCUT2D eigenvalue weighted by Gasteiger charge is 2.09. The summed E-state index contributed by atoms with van der Waals surface area (Å²) in [6, 6.07) is 9.58. The van der Waals surface area contributed by atoms with Crippen LogP contribution >= 0.6 is 0 Å². The van der Waals surface area contributed by atoms with Gasteiger partial charge < -0.3 is 4.52 Å². The van der Waals surface area contributed by atoms with Crippen molar-refractivity contribution >= 4 is 0 Å². The van der Waals surface area contributed by atoms with Gasteiger partial charge in [-0.25, -0.2) is 0 Å². The quantitative estimate of drug-likeness (QED) is 0.658. The molecule has 1 aromatic carbocycles. The van der Waals surface area contributed by atoms with E-state index in [1.165, 1.54) is 11.1 Å². The summed E-state index contributed by atoms with van der Waals surface area (Å²) < 4.78 is 5.15. The second kappa shape index (κ2) is 4.12. The minimum absolute atomic E-state index is 0.344. The van der Waals surface area contributed by atoms with Gasteiger partial charge in [-0.15, -0.1) is 10.2 Å². The van der Waals surface area contributed by atoms with Gasteiger partial charge in [-0.3, -0.25) is 0 Å². The smallest absolute Gasteiger partial charge is 0.257 e. The van der Waals surface area contributed by atoms with Crippen LogP contribution in [0.4, 0.5) is 0 Å². The van der Waals surface area contributed by atoms with E-state index in [1.54, 1.807) is 0 Å². The van der Waals surface area contributed by atoms with Crippen molar-refractivity contribution in [2.24, 2.45) is 0 Å². The van der Waals surface area contributed by atoms with Gasteiger partial charge in [-0.05, 0) is 17.3 Å². The predicted molar refractivity (Wildman–Crippen MR) is 56.7 cm³/mol. The Bertz CT molecular complexity index is 588. The van der Waals surface area contributed by atoms with Crippen LogP contribution in [-0.4, -0.2) is 30.3 Å². The zero-order valence-corrected chi connectivity index (χ0v) is 8.76. The van der Waals surface area contributed by atoms with E-state index < -0.39 is 0 Å². The van der Waals surface area contributed by atoms with Crippen LogP contribution in [0.3, 0.4) is 0 Å². The highest BCUT2D eigenvalue weighted by molar-refractivity contribution is 5.51. The van der Waals surface area contributed by atoms with Crippen molar-refractivity contribution < 1.29 is 4.52 Å². The summed E-state index contributed by atoms with van der Waals surface area (Å²) in [4.78, 5) is 5.64. The topological polar surface area (TPSA) is 82.5 Å². The maximum Gasteiger partial charge on any atom is 0.257 e. The monoisotopic (exact) mass is 228 g/mol. The van der Waals surface area contributed by atoms with Crippen molar-refractivity contribution in [1.82, 2.24) is 30.3 Å². The first kappa shape index (κ1) is 9.64. The van der Waals surface area contributed by atoms with Gasteiger partial charge in [-0.1, -0.05) is 23.4 Å². The summed E-state index contributed by atoms with van der Waals surface area (Å²) in [5.41, 5.74) is 0.887. The highest BCUT2D eigenvalue weighted by atomic mass is 16.5. The highest BCUT2D eigenvalue weighted by Crippen LogP contribution is 2.15. The Morgan fingerprint density at radius 2 is 2.06 bits per heavy atom. The molecule has 0 aliphatic carbocycles. The van der Waals surface area contributed by atoms with Crippen LogP contribution in [0, 0.1) is 0 Å². The minimum Gasteiger partial charge on any atom is -0.334 e. The van der Waals surface area contributed by atoms with Gasteiger partial charge in [0.15, 0.2) is 12.2 Å². The molecule has 0 saturated carbocycles. The molecule has 0 radical (unpaired) electrons. The largest absolute Gasteiger partial charge is 0.334 e. The van der Waals surface area contributed by atoms with Gasteiger partial charge in [0.05, 0.1) is 0 Å². The Labute approximate surface area is 96.1 Å². The summed E-state index contributed by atoms with van der Waals surface area (Å²) in [5, 5.41) is 15.0. The van der Waals surface area contributed by atoms with E-state index in [-0.39, 0.29) is 0 Å². The summed E-state index contributed by atoms with van der Waals surface area (Å²) in [6.07, 6.45) is 1.36. The maximum absolute atomic E-state index is 5.15. The third-order valence-electron chi connectivity index (χ3n) is 2.16. The fourth-order valence-electron chi connectivity index (χ4n) is 1.40. The fraction of sp³-hybridized carbons (Fsp3) is 0.100. The van der Waals surface area contributed by atoms with E-state index in [4.69, 9.17) is 4.52 Å². The molecule has 3 aromatic rings. The molecule has 0 aliphatic heterocycles. The zero-order chi connectivity index (χ0) is 11.5. The van der Waals surface area contributed by atoms with Crippen molar-refractivity contribution in [1.29, 1.82) is 0 Å². The van der Waals surface area contributed by atoms with Crippen LogP contribution in [0.25, 0.3) is 11.5 Å². The van der Waals surface area contributed by atoms with E-state index in [1.807, 2.05) is 30.3 Å². The van der Waals surface area contributed by atoms with Crippen LogP contribution in [0.2, 0.25) is 0 Å². The molecular formula is C10H8N6O. The van der Waals surface area contributed by atoms with Gasteiger partial charge >= 0.3 is 0 Å². The summed E-state index contributed by atoms with van der Waals surface area (Å²) in [5.74, 6) is 1.00. The lowest BCUT2D eigenvalue weighted by Crippen LogP contribution is -2.05. The van der Waals surface area contributed by atoms with Gasteiger partial charge in [0.2, 0.25) is 0 Å². The van der Waals surface area contributed by atoms with Crippen molar-refractivity contribution in [3.8, 4) is 11.5 Å². The molecule has 84 valence electrons. The first-order chi connectivity index (χ1) is 8.42. The Balaban J connectivity index is 1.84. The van der Waals surface area contributed by atoms with E-state index in [0.717, 1.165) is 5.56 Å². The van der Waals surface area contributed by atoms with Gasteiger partial charge in [0.25, 0.3) is 5.89 Å². The molecule has 0 atom stereocenters. The van der Waals surface area contributed by atoms with Gasteiger partial charge in [0.1, 0.15) is 6.54 Å². The standard InChI is InChI=1S/C10H8N6O/c1-2-4-8(5-3-1)10-13-9(14-17-10)6-16-12-7-11-15-16/h1-5,7H,6H2. The number of benzene rings is 1. The fourth-order valence-corrected chi connectivity index (χ4v) is 1.40. The van der Waals surface area contributed by atoms with Crippen LogP contribution in [-0.2, 0) is 6.54 Å². The molecular weight excluding hydrogens is 220 g/mol. The molecule has 7 nitrogen and oxygen atoms in total. The molecule has 0 fully saturated rings. The summed E-state index contributed by atoms with van der Waals surface area (Å²) in [7, 11) is 0. The van der Waals surface area contributed by atoms with Crippen molar-refractivity contribution in [3.63, 3.8) is 0 Å². The van der Waals surface area contributed by atoms with Crippen LogP contribution in [0.1, 0.15) is 5.82 Å². The van der Waals surface area contributed by atoms with Crippen LogP contribution in [0.5, 0.6) is 0 Å². The number of nitrogens with zero attached hydrogens (tertiary/aromatic N) is 6. The molecule has 0 unspecified atom stereocenters. The lowest BCUT2D eigenvalue weighted by atomic mass is 10.2. The number of rotatable bonds is 3. The maximum atomic E-state index is 5.15. The molecule has 0 spiro atoms. The third kappa shape index (κ3) is 2.03. The molecule has 3 rings (SSSR count). The molecule has 0 bridgehead atoms. The van der Waals surface area contributed by atoms with Crippen LogP contribution < -0.4 is 0 Å². The Morgan fingerprint density at radius 3 is 2.82 bits per heavy atom. The minimum atomic E-state index is 0.344. The van der Waals surface area contributed by atoms with E-state index in [0.29, 0.717) is 18.3 Å². The van der Waals surface area contributed by atoms with Gasteiger partial charge in [0, 0.05) is 5.56 Å². The van der Waals surface area contributed by atoms with Crippen molar-refractivity contribution in [2.45, 2.75) is 6.54 Å². The predicted octanol–water partition coefficient (Wildman–Crippen LogP) is 0.771. The summed E-state index contributed by atoms with van der Waals surface area (Å²) >= 11 is 0. The number of hydrogen-bond donors (Lipinski definition) is 0. The summed E-state index contributed by atoms with van der Waals surface area (Å²) in [6.45, 7) is 0.344. The Kier molecular flexibility index (Phi) is 2.34. The molecule has 0 saturated heterocycles. The van der Waals surface area contributed by atoms with E-state index in [9.17, 15) is 0 Å². The van der Waals surface area contributed by atoms with Crippen molar-refractivity contribution in [3.05, 3.63) is 42.5 Å². The number of hydrogen-bond acceptors (Lipinski definition) is 6. The first-order valence-corrected chi connectivity index (χ1v) is 5.00. The molecule has 0 amide bonds. The Hall–Kier alpha value is -2.57. The molecule has 7 heteroatoms. The van der Waals surface area contributed by atoms with E-state index >= 15 is 0 Å². The van der Waals surface area contributed by atoms with Crippen LogP contribution in [0.15, 0.2) is 41.2 Å². The normalized spacial score (nSPS) is 10.6. The average molecular weight is 228 g/mol. The molecule has 2 aromatic heterocycles. The Morgan fingerprint density at radius 1 is 1.18 bits per heavy atom. The second-order valence-corrected chi connectivity index (χ2v) is 3.35. The first-order valence-electron chi connectivity index (χ1n) is 5.00. The van der Waals surface area contributed by atoms with Crippen molar-refractivity contribution in [2.75, 3.05) is 0 Å². The van der Waals surface area contributed by atoms with Gasteiger partial charge in [-0.2, -0.15) is 9.78 Å². The SMILES string of the molecule is c1ccc(-c2nc(Cn3ncnn3)no2)cc1. The lowest BCUT2D eigenvalue weighted by Gasteiger charge is -1.91. The molecule has 17 heavy (non-hydrogen) atoms. The molecule has 0 N–H and O–H groups in total. The average Bonchev–Trinajstić information content (AvgIpc) is 3.02. The van der Waals surface area contributed by atoms with E-state index in [2.05, 4.69) is 25.6 Å². The lowest BCUT2D eigenvalue weighted by molar-refractivity contribution is 0.415.